The number of methoxy groups -OCH3 is 1. The van der Waals surface area contributed by atoms with Crippen molar-refractivity contribution in [3.8, 4) is 5.75 Å². The lowest BCUT2D eigenvalue weighted by molar-refractivity contribution is -0.139. The van der Waals surface area contributed by atoms with Gasteiger partial charge in [0.1, 0.15) is 11.7 Å². The Morgan fingerprint density at radius 3 is 2.38 bits per heavy atom. The summed E-state index contributed by atoms with van der Waals surface area (Å²) in [4.78, 5) is 11.8. The molecule has 0 radical (unpaired) electrons. The van der Waals surface area contributed by atoms with Gasteiger partial charge in [-0.15, -0.1) is 0 Å². The molecule has 2 unspecified atom stereocenters. The minimum atomic E-state index is -0.867. The topological polar surface area (TPSA) is 62.1 Å². The van der Waals surface area contributed by atoms with Gasteiger partial charge in [-0.2, -0.15) is 5.10 Å². The molecule has 0 fully saturated rings. The Hall–Kier alpha value is -2.82. The van der Waals surface area contributed by atoms with Crippen molar-refractivity contribution in [3.63, 3.8) is 0 Å². The van der Waals surface area contributed by atoms with E-state index in [0.29, 0.717) is 5.71 Å². The third-order valence-corrected chi connectivity index (χ3v) is 4.38. The van der Waals surface area contributed by atoms with E-state index >= 15 is 0 Å². The van der Waals surface area contributed by atoms with Crippen LogP contribution in [0.15, 0.2) is 53.6 Å². The van der Waals surface area contributed by atoms with E-state index in [1.807, 2.05) is 60.5 Å². The van der Waals surface area contributed by atoms with Crippen molar-refractivity contribution in [2.75, 3.05) is 12.1 Å². The molecule has 1 aliphatic rings. The fraction of sp³-hybridized carbons (Fsp3) is 0.263. The second kappa shape index (κ2) is 6.35. The fourth-order valence-corrected chi connectivity index (χ4v) is 3.14. The summed E-state index contributed by atoms with van der Waals surface area (Å²) in [6.45, 7) is 3.77. The maximum atomic E-state index is 11.8. The highest BCUT2D eigenvalue weighted by molar-refractivity contribution is 6.03. The first-order chi connectivity index (χ1) is 11.5. The standard InChI is InChI=1S/C19H20N2O3/c1-12-6-4-5-7-16(12)21-18(17(19(22)23)13(2)20-21)14-8-10-15(24-3)11-9-14/h4-11,17-18H,1-3H3,(H,22,23). The summed E-state index contributed by atoms with van der Waals surface area (Å²) < 4.78 is 5.20. The van der Waals surface area contributed by atoms with Gasteiger partial charge in [0.25, 0.3) is 0 Å². The SMILES string of the molecule is COc1ccc(C2C(C(=O)O)C(C)=NN2c2ccccc2C)cc1. The summed E-state index contributed by atoms with van der Waals surface area (Å²) in [5, 5.41) is 16.1. The lowest BCUT2D eigenvalue weighted by Gasteiger charge is -2.28. The zero-order valence-corrected chi connectivity index (χ0v) is 13.9. The number of carboxylic acids is 1. The number of carboxylic acid groups (broad SMARTS) is 1. The van der Waals surface area contributed by atoms with Crippen molar-refractivity contribution >= 4 is 17.4 Å². The van der Waals surface area contributed by atoms with Gasteiger partial charge >= 0.3 is 5.97 Å². The highest BCUT2D eigenvalue weighted by Gasteiger charge is 2.42. The maximum Gasteiger partial charge on any atom is 0.314 e. The molecule has 2 atom stereocenters. The van der Waals surface area contributed by atoms with E-state index < -0.39 is 11.9 Å². The summed E-state index contributed by atoms with van der Waals surface area (Å²) in [5.74, 6) is -0.810. The molecule has 124 valence electrons. The minimum absolute atomic E-state index is 0.380. The van der Waals surface area contributed by atoms with Crippen LogP contribution in [0.4, 0.5) is 5.69 Å². The Balaban J connectivity index is 2.09. The van der Waals surface area contributed by atoms with Crippen LogP contribution in [-0.2, 0) is 4.79 Å². The molecular formula is C19H20N2O3. The van der Waals surface area contributed by atoms with Crippen LogP contribution < -0.4 is 9.75 Å². The van der Waals surface area contributed by atoms with Crippen LogP contribution in [0.25, 0.3) is 0 Å². The number of hydrogen-bond acceptors (Lipinski definition) is 4. The number of nitrogens with zero attached hydrogens (tertiary/aromatic N) is 2. The first-order valence-corrected chi connectivity index (χ1v) is 7.79. The van der Waals surface area contributed by atoms with Gasteiger partial charge < -0.3 is 9.84 Å². The van der Waals surface area contributed by atoms with Crippen LogP contribution in [0.5, 0.6) is 5.75 Å². The zero-order chi connectivity index (χ0) is 17.3. The molecule has 5 heteroatoms. The molecule has 2 aromatic carbocycles. The van der Waals surface area contributed by atoms with Crippen LogP contribution in [0, 0.1) is 12.8 Å². The third-order valence-electron chi connectivity index (χ3n) is 4.38. The predicted octanol–water partition coefficient (Wildman–Crippen LogP) is 3.64. The molecule has 0 aromatic heterocycles. The third kappa shape index (κ3) is 2.73. The fourth-order valence-electron chi connectivity index (χ4n) is 3.14. The van der Waals surface area contributed by atoms with E-state index in [2.05, 4.69) is 5.10 Å². The number of aryl methyl sites for hydroxylation is 1. The summed E-state index contributed by atoms with van der Waals surface area (Å²) >= 11 is 0. The number of hydrogen-bond donors (Lipinski definition) is 1. The number of ether oxygens (including phenoxy) is 1. The van der Waals surface area contributed by atoms with E-state index in [1.165, 1.54) is 0 Å². The number of aliphatic carboxylic acids is 1. The Morgan fingerprint density at radius 2 is 1.79 bits per heavy atom. The van der Waals surface area contributed by atoms with Gasteiger partial charge in [0, 0.05) is 0 Å². The van der Waals surface area contributed by atoms with Gasteiger partial charge in [0.15, 0.2) is 0 Å². The normalized spacial score (nSPS) is 20.0. The van der Waals surface area contributed by atoms with E-state index in [1.54, 1.807) is 14.0 Å². The van der Waals surface area contributed by atoms with Crippen molar-refractivity contribution in [1.29, 1.82) is 0 Å². The van der Waals surface area contributed by atoms with Crippen LogP contribution in [-0.4, -0.2) is 23.9 Å². The molecular weight excluding hydrogens is 304 g/mol. The molecule has 0 aliphatic carbocycles. The van der Waals surface area contributed by atoms with E-state index in [4.69, 9.17) is 4.74 Å². The quantitative estimate of drug-likeness (QED) is 0.932. The number of para-hydroxylation sites is 1. The molecule has 2 aromatic rings. The average molecular weight is 324 g/mol. The van der Waals surface area contributed by atoms with Gasteiger partial charge in [-0.05, 0) is 43.2 Å². The molecule has 0 saturated carbocycles. The van der Waals surface area contributed by atoms with Crippen molar-refractivity contribution < 1.29 is 14.6 Å². The summed E-state index contributed by atoms with van der Waals surface area (Å²) in [6.07, 6.45) is 0. The first kappa shape index (κ1) is 16.1. The molecule has 0 spiro atoms. The summed E-state index contributed by atoms with van der Waals surface area (Å²) in [5.41, 5.74) is 3.47. The molecule has 1 heterocycles. The maximum absolute atomic E-state index is 11.8. The smallest absolute Gasteiger partial charge is 0.314 e. The molecule has 3 rings (SSSR count). The molecule has 5 nitrogen and oxygen atoms in total. The van der Waals surface area contributed by atoms with Gasteiger partial charge in [-0.25, -0.2) is 0 Å². The lowest BCUT2D eigenvalue weighted by Crippen LogP contribution is -2.30. The minimum Gasteiger partial charge on any atom is -0.497 e. The summed E-state index contributed by atoms with van der Waals surface area (Å²) in [7, 11) is 1.61. The largest absolute Gasteiger partial charge is 0.497 e. The van der Waals surface area contributed by atoms with Gasteiger partial charge in [-0.1, -0.05) is 30.3 Å². The van der Waals surface area contributed by atoms with Gasteiger partial charge in [-0.3, -0.25) is 9.80 Å². The number of carbonyl (C=O) groups is 1. The molecule has 1 N–H and O–H groups in total. The average Bonchev–Trinajstić information content (AvgIpc) is 2.92. The van der Waals surface area contributed by atoms with Crippen molar-refractivity contribution in [2.24, 2.45) is 11.0 Å². The monoisotopic (exact) mass is 324 g/mol. The molecule has 0 saturated heterocycles. The second-order valence-corrected chi connectivity index (χ2v) is 5.91. The number of anilines is 1. The Bertz CT molecular complexity index is 783. The predicted molar refractivity (Wildman–Crippen MR) is 93.6 cm³/mol. The Morgan fingerprint density at radius 1 is 1.12 bits per heavy atom. The van der Waals surface area contributed by atoms with Crippen LogP contribution in [0.3, 0.4) is 0 Å². The molecule has 0 amide bonds. The summed E-state index contributed by atoms with van der Waals surface area (Å²) in [6, 6.07) is 15.0. The second-order valence-electron chi connectivity index (χ2n) is 5.91. The van der Waals surface area contributed by atoms with E-state index in [0.717, 1.165) is 22.6 Å². The van der Waals surface area contributed by atoms with Crippen molar-refractivity contribution in [2.45, 2.75) is 19.9 Å². The van der Waals surface area contributed by atoms with Crippen LogP contribution >= 0.6 is 0 Å². The zero-order valence-electron chi connectivity index (χ0n) is 13.9. The molecule has 24 heavy (non-hydrogen) atoms. The lowest BCUT2D eigenvalue weighted by atomic mass is 9.90. The Labute approximate surface area is 141 Å². The highest BCUT2D eigenvalue weighted by Crippen LogP contribution is 2.40. The van der Waals surface area contributed by atoms with Crippen LogP contribution in [0.1, 0.15) is 24.1 Å². The number of benzene rings is 2. The first-order valence-electron chi connectivity index (χ1n) is 7.79. The number of rotatable bonds is 4. The highest BCUT2D eigenvalue weighted by atomic mass is 16.5. The molecule has 0 bridgehead atoms. The molecule has 1 aliphatic heterocycles. The van der Waals surface area contributed by atoms with Gasteiger partial charge in [0.2, 0.25) is 0 Å². The Kier molecular flexibility index (Phi) is 4.25. The van der Waals surface area contributed by atoms with Crippen molar-refractivity contribution in [1.82, 2.24) is 0 Å². The number of hydrazone groups is 1. The van der Waals surface area contributed by atoms with Gasteiger partial charge in [0.05, 0.1) is 24.6 Å². The van der Waals surface area contributed by atoms with E-state index in [9.17, 15) is 9.90 Å². The van der Waals surface area contributed by atoms with Crippen molar-refractivity contribution in [3.05, 3.63) is 59.7 Å². The van der Waals surface area contributed by atoms with E-state index in [-0.39, 0.29) is 6.04 Å². The van der Waals surface area contributed by atoms with Crippen LogP contribution in [0.2, 0.25) is 0 Å².